The first-order valence-corrected chi connectivity index (χ1v) is 22.1. The smallest absolute Gasteiger partial charge is 0.0707 e. The maximum atomic E-state index is 4.77. The quantitative estimate of drug-likeness (QED) is 0.174. The topological polar surface area (TPSA) is 18.5 Å². The van der Waals surface area contributed by atoms with Crippen molar-refractivity contribution in [1.29, 1.82) is 0 Å². The molecule has 0 radical (unpaired) electrons. The number of nitrogens with zero attached hydrogens (tertiary/aromatic N) is 2. The van der Waals surface area contributed by atoms with E-state index in [9.17, 15) is 0 Å². The highest BCUT2D eigenvalue weighted by atomic mass is 15.2. The van der Waals surface area contributed by atoms with E-state index in [1.54, 1.807) is 0 Å². The molecule has 3 heterocycles. The highest BCUT2D eigenvalue weighted by Gasteiger charge is 2.38. The van der Waals surface area contributed by atoms with Gasteiger partial charge in [0.1, 0.15) is 0 Å². The summed E-state index contributed by atoms with van der Waals surface area (Å²) >= 11 is 0. The Kier molecular flexibility index (Phi) is 9.86. The third-order valence-corrected chi connectivity index (χ3v) is 13.2. The van der Waals surface area contributed by atoms with Crippen molar-refractivity contribution in [3.63, 3.8) is 0 Å². The Labute approximate surface area is 366 Å². The SMILES string of the molecule is C=C1CC/C=C\N(c2ccccc2C2=C3C(CC=C2)c2ccccc2N3c2ccccc2)C2=C1CC(c1ccccc1C1=CC(c3ccccc3)NC(c3ccccc3)=C1)C=C2. The molecule has 6 aromatic rings. The Balaban J connectivity index is 0.991. The van der Waals surface area contributed by atoms with Crippen molar-refractivity contribution < 1.29 is 0 Å². The van der Waals surface area contributed by atoms with Gasteiger partial charge in [0, 0.05) is 57.6 Å². The van der Waals surface area contributed by atoms with Crippen LogP contribution in [0.3, 0.4) is 0 Å². The molecule has 300 valence electrons. The van der Waals surface area contributed by atoms with Crippen LogP contribution in [0.5, 0.6) is 0 Å². The number of rotatable bonds is 7. The fourth-order valence-corrected chi connectivity index (χ4v) is 10.2. The molecule has 0 saturated heterocycles. The second-order valence-electron chi connectivity index (χ2n) is 16.8. The summed E-state index contributed by atoms with van der Waals surface area (Å²) < 4.78 is 0. The van der Waals surface area contributed by atoms with E-state index in [-0.39, 0.29) is 17.9 Å². The third kappa shape index (κ3) is 6.80. The van der Waals surface area contributed by atoms with Crippen molar-refractivity contribution in [2.45, 2.75) is 43.6 Å². The van der Waals surface area contributed by atoms with E-state index in [2.05, 4.69) is 228 Å². The van der Waals surface area contributed by atoms with Gasteiger partial charge in [0.2, 0.25) is 0 Å². The number of allylic oxidation sites excluding steroid dienone is 11. The van der Waals surface area contributed by atoms with Gasteiger partial charge in [-0.25, -0.2) is 0 Å². The Morgan fingerprint density at radius 3 is 2.11 bits per heavy atom. The summed E-state index contributed by atoms with van der Waals surface area (Å²) in [6.07, 6.45) is 22.7. The van der Waals surface area contributed by atoms with Gasteiger partial charge in [-0.15, -0.1) is 0 Å². The maximum absolute atomic E-state index is 4.77. The Morgan fingerprint density at radius 2 is 1.31 bits per heavy atom. The Hall–Kier alpha value is -7.36. The molecule has 0 spiro atoms. The summed E-state index contributed by atoms with van der Waals surface area (Å²) in [5, 5.41) is 3.85. The zero-order chi connectivity index (χ0) is 41.4. The lowest BCUT2D eigenvalue weighted by Gasteiger charge is -2.35. The van der Waals surface area contributed by atoms with Crippen LogP contribution in [-0.4, -0.2) is 0 Å². The lowest BCUT2D eigenvalue weighted by molar-refractivity contribution is 0.763. The fraction of sp³-hybridized carbons (Fsp3) is 0.119. The van der Waals surface area contributed by atoms with Crippen LogP contribution in [0.1, 0.15) is 76.9 Å². The molecule has 3 aliphatic heterocycles. The lowest BCUT2D eigenvalue weighted by Crippen LogP contribution is -2.23. The summed E-state index contributed by atoms with van der Waals surface area (Å²) in [6.45, 7) is 4.77. The molecule has 11 rings (SSSR count). The third-order valence-electron chi connectivity index (χ3n) is 13.2. The van der Waals surface area contributed by atoms with E-state index in [0.717, 1.165) is 31.4 Å². The summed E-state index contributed by atoms with van der Waals surface area (Å²) in [6, 6.07) is 59.4. The van der Waals surface area contributed by atoms with E-state index in [0.29, 0.717) is 0 Å². The first-order chi connectivity index (χ1) is 30.7. The molecule has 0 amide bonds. The molecule has 3 heteroatoms. The predicted octanol–water partition coefficient (Wildman–Crippen LogP) is 14.7. The Morgan fingerprint density at radius 1 is 0.629 bits per heavy atom. The van der Waals surface area contributed by atoms with Crippen molar-refractivity contribution in [1.82, 2.24) is 5.32 Å². The standard InChI is InChI=1S/C59H49N3/c1-41-20-17-18-37-61(56-33-15-13-29-49(56)51-31-19-32-52-50-30-14-16-34-58(50)62(59(51)52)46-25-9-4-10-26-46)57-36-35-44(38-53(41)57)47-27-11-12-28-48(47)45-39-54(42-21-5-2-6-22-42)60-55(40-45)43-23-7-3-8-24-43/h2-16,18-19,21-31,33-37,39-40,44,52,54,60H,1,17,20,32,38H2/b37-18-. The van der Waals surface area contributed by atoms with Crippen molar-refractivity contribution in [3.05, 3.63) is 275 Å². The molecular weight excluding hydrogens is 751 g/mol. The van der Waals surface area contributed by atoms with Gasteiger partial charge in [-0.05, 0) is 113 Å². The number of hydrogen-bond donors (Lipinski definition) is 1. The fourth-order valence-electron chi connectivity index (χ4n) is 10.2. The van der Waals surface area contributed by atoms with Crippen molar-refractivity contribution in [3.8, 4) is 0 Å². The second kappa shape index (κ2) is 16.2. The van der Waals surface area contributed by atoms with Gasteiger partial charge in [-0.2, -0.15) is 0 Å². The molecule has 5 aliphatic rings. The number of dihydropyridines is 1. The highest BCUT2D eigenvalue weighted by Crippen LogP contribution is 2.54. The van der Waals surface area contributed by atoms with Crippen LogP contribution in [0.15, 0.2) is 242 Å². The first kappa shape index (κ1) is 37.6. The van der Waals surface area contributed by atoms with E-state index >= 15 is 0 Å². The predicted molar refractivity (Wildman–Crippen MR) is 260 cm³/mol. The zero-order valence-electron chi connectivity index (χ0n) is 34.9. The summed E-state index contributed by atoms with van der Waals surface area (Å²) in [7, 11) is 0. The van der Waals surface area contributed by atoms with E-state index in [4.69, 9.17) is 6.58 Å². The molecule has 0 saturated carbocycles. The molecule has 0 bridgehead atoms. The average molecular weight is 800 g/mol. The maximum Gasteiger partial charge on any atom is 0.0707 e. The van der Waals surface area contributed by atoms with Gasteiger partial charge >= 0.3 is 0 Å². The van der Waals surface area contributed by atoms with Gasteiger partial charge in [0.25, 0.3) is 0 Å². The monoisotopic (exact) mass is 799 g/mol. The van der Waals surface area contributed by atoms with Gasteiger partial charge < -0.3 is 15.1 Å². The van der Waals surface area contributed by atoms with Gasteiger partial charge in [-0.3, -0.25) is 0 Å². The molecule has 6 aromatic carbocycles. The van der Waals surface area contributed by atoms with Gasteiger partial charge in [0.05, 0.1) is 11.7 Å². The van der Waals surface area contributed by atoms with Crippen LogP contribution in [0.2, 0.25) is 0 Å². The molecule has 0 fully saturated rings. The number of fused-ring (bicyclic) bond motifs is 3. The van der Waals surface area contributed by atoms with E-state index in [1.165, 1.54) is 84.1 Å². The summed E-state index contributed by atoms with van der Waals surface area (Å²) in [4.78, 5) is 4.95. The largest absolute Gasteiger partial charge is 0.374 e. The van der Waals surface area contributed by atoms with Crippen molar-refractivity contribution in [2.24, 2.45) is 0 Å². The minimum atomic E-state index is 0.0463. The first-order valence-electron chi connectivity index (χ1n) is 22.1. The minimum absolute atomic E-state index is 0.0463. The molecule has 62 heavy (non-hydrogen) atoms. The summed E-state index contributed by atoms with van der Waals surface area (Å²) in [5.41, 5.74) is 20.1. The normalized spacial score (nSPS) is 21.0. The van der Waals surface area contributed by atoms with Crippen LogP contribution in [0, 0.1) is 0 Å². The highest BCUT2D eigenvalue weighted by molar-refractivity contribution is 5.94. The van der Waals surface area contributed by atoms with Crippen molar-refractivity contribution in [2.75, 3.05) is 9.80 Å². The lowest BCUT2D eigenvalue weighted by atomic mass is 9.79. The number of anilines is 3. The molecular formula is C59H49N3. The number of nitrogens with one attached hydrogen (secondary N) is 1. The summed E-state index contributed by atoms with van der Waals surface area (Å²) in [5.74, 6) is 0.467. The Bertz CT molecular complexity index is 2910. The van der Waals surface area contributed by atoms with E-state index in [1.807, 2.05) is 0 Å². The molecule has 3 unspecified atom stereocenters. The van der Waals surface area contributed by atoms with Crippen LogP contribution >= 0.6 is 0 Å². The molecule has 3 nitrogen and oxygen atoms in total. The van der Waals surface area contributed by atoms with Gasteiger partial charge in [-0.1, -0.05) is 170 Å². The number of para-hydroxylation sites is 3. The van der Waals surface area contributed by atoms with E-state index < -0.39 is 0 Å². The van der Waals surface area contributed by atoms with Gasteiger partial charge in [0.15, 0.2) is 0 Å². The molecule has 3 atom stereocenters. The van der Waals surface area contributed by atoms with Crippen LogP contribution < -0.4 is 15.1 Å². The van der Waals surface area contributed by atoms with Crippen molar-refractivity contribution >= 4 is 33.9 Å². The number of hydrogen-bond acceptors (Lipinski definition) is 3. The minimum Gasteiger partial charge on any atom is -0.374 e. The molecule has 2 aliphatic carbocycles. The molecule has 1 N–H and O–H groups in total. The average Bonchev–Trinajstić information content (AvgIpc) is 3.69. The van der Waals surface area contributed by atoms with Crippen LogP contribution in [0.25, 0.3) is 16.8 Å². The zero-order valence-corrected chi connectivity index (χ0v) is 34.9. The molecule has 0 aromatic heterocycles. The van der Waals surface area contributed by atoms with Crippen LogP contribution in [0.4, 0.5) is 17.1 Å². The second-order valence-corrected chi connectivity index (χ2v) is 16.8. The number of benzene rings is 6. The van der Waals surface area contributed by atoms with Crippen LogP contribution in [-0.2, 0) is 0 Å².